The molecule has 1 unspecified atom stereocenters. The molecule has 1 atom stereocenters. The minimum absolute atomic E-state index is 0.0453. The number of benzene rings is 1. The molecule has 0 saturated heterocycles. The molecule has 1 aromatic carbocycles. The molecule has 0 N–H and O–H groups in total. The molecule has 0 fully saturated rings. The van der Waals surface area contributed by atoms with Crippen LogP contribution in [-0.4, -0.2) is 7.11 Å². The SMILES string of the molecule is COc1ccc(C2=CCC(C)CC2)c(F)c1F. The first kappa shape index (κ1) is 12.1. The Labute approximate surface area is 100 Å². The third-order valence-electron chi connectivity index (χ3n) is 3.29. The van der Waals surface area contributed by atoms with Gasteiger partial charge in [-0.05, 0) is 42.9 Å². The van der Waals surface area contributed by atoms with Gasteiger partial charge in [0, 0.05) is 5.56 Å². The fourth-order valence-corrected chi connectivity index (χ4v) is 2.15. The Morgan fingerprint density at radius 2 is 2.00 bits per heavy atom. The van der Waals surface area contributed by atoms with Crippen molar-refractivity contribution in [1.29, 1.82) is 0 Å². The van der Waals surface area contributed by atoms with Gasteiger partial charge in [-0.3, -0.25) is 0 Å². The zero-order valence-electron chi connectivity index (χ0n) is 10.1. The summed E-state index contributed by atoms with van der Waals surface area (Å²) in [5.74, 6) is -1.12. The van der Waals surface area contributed by atoms with Crippen LogP contribution in [0.5, 0.6) is 5.75 Å². The standard InChI is InChI=1S/C14H16F2O/c1-9-3-5-10(6-4-9)11-7-8-12(17-2)14(16)13(11)15/h5,7-9H,3-4,6H2,1-2H3. The van der Waals surface area contributed by atoms with Gasteiger partial charge in [-0.2, -0.15) is 4.39 Å². The molecule has 1 aromatic rings. The molecule has 0 heterocycles. The molecule has 1 aliphatic carbocycles. The van der Waals surface area contributed by atoms with E-state index in [1.165, 1.54) is 13.2 Å². The van der Waals surface area contributed by atoms with Crippen LogP contribution in [0, 0.1) is 17.6 Å². The van der Waals surface area contributed by atoms with Crippen LogP contribution in [0.2, 0.25) is 0 Å². The highest BCUT2D eigenvalue weighted by Gasteiger charge is 2.19. The summed E-state index contributed by atoms with van der Waals surface area (Å²) in [7, 11) is 1.33. The van der Waals surface area contributed by atoms with E-state index in [2.05, 4.69) is 6.92 Å². The fraction of sp³-hybridized carbons (Fsp3) is 0.429. The Morgan fingerprint density at radius 1 is 1.24 bits per heavy atom. The summed E-state index contributed by atoms with van der Waals surface area (Å²) < 4.78 is 32.2. The lowest BCUT2D eigenvalue weighted by Crippen LogP contribution is -2.04. The van der Waals surface area contributed by atoms with Crippen molar-refractivity contribution in [3.05, 3.63) is 35.4 Å². The van der Waals surface area contributed by atoms with E-state index in [9.17, 15) is 8.78 Å². The summed E-state index contributed by atoms with van der Waals surface area (Å²) in [6, 6.07) is 3.08. The second-order valence-electron chi connectivity index (χ2n) is 4.55. The molecule has 3 heteroatoms. The zero-order valence-corrected chi connectivity index (χ0v) is 10.1. The van der Waals surface area contributed by atoms with Gasteiger partial charge in [-0.25, -0.2) is 4.39 Å². The Morgan fingerprint density at radius 3 is 2.59 bits per heavy atom. The van der Waals surface area contributed by atoms with E-state index in [1.807, 2.05) is 6.08 Å². The quantitative estimate of drug-likeness (QED) is 0.751. The second kappa shape index (κ2) is 4.86. The molecule has 0 aliphatic heterocycles. The predicted octanol–water partition coefficient (Wildman–Crippen LogP) is 4.18. The van der Waals surface area contributed by atoms with Crippen LogP contribution in [0.25, 0.3) is 5.57 Å². The molecule has 0 aromatic heterocycles. The molecule has 0 bridgehead atoms. The fourth-order valence-electron chi connectivity index (χ4n) is 2.15. The third kappa shape index (κ3) is 2.33. The molecule has 0 amide bonds. The van der Waals surface area contributed by atoms with E-state index in [-0.39, 0.29) is 5.75 Å². The lowest BCUT2D eigenvalue weighted by atomic mass is 9.87. The first-order valence-corrected chi connectivity index (χ1v) is 5.85. The number of halogens is 2. The van der Waals surface area contributed by atoms with Crippen molar-refractivity contribution in [1.82, 2.24) is 0 Å². The van der Waals surface area contributed by atoms with E-state index in [0.29, 0.717) is 11.5 Å². The van der Waals surface area contributed by atoms with E-state index in [1.54, 1.807) is 6.07 Å². The molecular formula is C14H16F2O. The van der Waals surface area contributed by atoms with Crippen LogP contribution >= 0.6 is 0 Å². The van der Waals surface area contributed by atoms with Crippen molar-refractivity contribution < 1.29 is 13.5 Å². The highest BCUT2D eigenvalue weighted by atomic mass is 19.2. The number of rotatable bonds is 2. The zero-order chi connectivity index (χ0) is 12.4. The number of hydrogen-bond acceptors (Lipinski definition) is 1. The van der Waals surface area contributed by atoms with Gasteiger partial charge in [-0.1, -0.05) is 13.0 Å². The normalized spacial score (nSPS) is 20.0. The van der Waals surface area contributed by atoms with Crippen molar-refractivity contribution in [3.63, 3.8) is 0 Å². The Balaban J connectivity index is 2.37. The predicted molar refractivity (Wildman–Crippen MR) is 63.9 cm³/mol. The van der Waals surface area contributed by atoms with Crippen LogP contribution in [0.4, 0.5) is 8.78 Å². The highest BCUT2D eigenvalue weighted by molar-refractivity contribution is 5.67. The summed E-state index contributed by atoms with van der Waals surface area (Å²) in [6.07, 6.45) is 4.78. The maximum Gasteiger partial charge on any atom is 0.201 e. The monoisotopic (exact) mass is 238 g/mol. The van der Waals surface area contributed by atoms with Gasteiger partial charge in [0.25, 0.3) is 0 Å². The topological polar surface area (TPSA) is 9.23 Å². The lowest BCUT2D eigenvalue weighted by molar-refractivity contribution is 0.371. The Kier molecular flexibility index (Phi) is 3.46. The molecule has 17 heavy (non-hydrogen) atoms. The van der Waals surface area contributed by atoms with Crippen LogP contribution in [0.3, 0.4) is 0 Å². The molecule has 1 nitrogen and oxygen atoms in total. The number of ether oxygens (including phenoxy) is 1. The van der Waals surface area contributed by atoms with Gasteiger partial charge >= 0.3 is 0 Å². The Bertz CT molecular complexity index is 452. The molecule has 92 valence electrons. The van der Waals surface area contributed by atoms with Gasteiger partial charge in [-0.15, -0.1) is 0 Å². The maximum absolute atomic E-state index is 13.8. The summed E-state index contributed by atoms with van der Waals surface area (Å²) in [6.45, 7) is 2.16. The van der Waals surface area contributed by atoms with Crippen LogP contribution in [0.1, 0.15) is 31.7 Å². The number of hydrogen-bond donors (Lipinski definition) is 0. The minimum atomic E-state index is -0.899. The van der Waals surface area contributed by atoms with Gasteiger partial charge in [0.2, 0.25) is 5.82 Å². The van der Waals surface area contributed by atoms with Crippen molar-refractivity contribution in [2.24, 2.45) is 5.92 Å². The summed E-state index contributed by atoms with van der Waals surface area (Å²) in [5, 5.41) is 0. The van der Waals surface area contributed by atoms with Gasteiger partial charge in [0.05, 0.1) is 7.11 Å². The van der Waals surface area contributed by atoms with Crippen LogP contribution in [-0.2, 0) is 0 Å². The van der Waals surface area contributed by atoms with Crippen LogP contribution in [0.15, 0.2) is 18.2 Å². The summed E-state index contributed by atoms with van der Waals surface area (Å²) in [4.78, 5) is 0. The van der Waals surface area contributed by atoms with E-state index >= 15 is 0 Å². The average Bonchev–Trinajstić information content (AvgIpc) is 2.34. The highest BCUT2D eigenvalue weighted by Crippen LogP contribution is 2.33. The van der Waals surface area contributed by atoms with Crippen molar-refractivity contribution in [3.8, 4) is 5.75 Å². The molecule has 1 aliphatic rings. The van der Waals surface area contributed by atoms with E-state index in [4.69, 9.17) is 4.74 Å². The largest absolute Gasteiger partial charge is 0.494 e. The van der Waals surface area contributed by atoms with Gasteiger partial charge < -0.3 is 4.74 Å². The minimum Gasteiger partial charge on any atom is -0.494 e. The third-order valence-corrected chi connectivity index (χ3v) is 3.29. The summed E-state index contributed by atoms with van der Waals surface area (Å²) >= 11 is 0. The van der Waals surface area contributed by atoms with Gasteiger partial charge in [0.15, 0.2) is 11.6 Å². The molecule has 2 rings (SSSR count). The van der Waals surface area contributed by atoms with Crippen molar-refractivity contribution in [2.45, 2.75) is 26.2 Å². The molecule has 0 spiro atoms. The van der Waals surface area contributed by atoms with Crippen molar-refractivity contribution >= 4 is 5.57 Å². The van der Waals surface area contributed by atoms with Gasteiger partial charge in [0.1, 0.15) is 0 Å². The first-order chi connectivity index (χ1) is 8.13. The first-order valence-electron chi connectivity index (χ1n) is 5.85. The average molecular weight is 238 g/mol. The number of allylic oxidation sites excluding steroid dienone is 2. The molecular weight excluding hydrogens is 222 g/mol. The smallest absolute Gasteiger partial charge is 0.201 e. The molecule has 0 radical (unpaired) electrons. The van der Waals surface area contributed by atoms with E-state index < -0.39 is 11.6 Å². The van der Waals surface area contributed by atoms with Crippen molar-refractivity contribution in [2.75, 3.05) is 7.11 Å². The van der Waals surface area contributed by atoms with E-state index in [0.717, 1.165) is 24.8 Å². The maximum atomic E-state index is 13.8. The second-order valence-corrected chi connectivity index (χ2v) is 4.55. The Hall–Kier alpha value is -1.38. The molecule has 0 saturated carbocycles. The number of methoxy groups -OCH3 is 1. The lowest BCUT2D eigenvalue weighted by Gasteiger charge is -2.19. The van der Waals surface area contributed by atoms with Crippen LogP contribution < -0.4 is 4.74 Å². The summed E-state index contributed by atoms with van der Waals surface area (Å²) in [5.41, 5.74) is 1.28.